The Kier molecular flexibility index (Phi) is 3.85. The summed E-state index contributed by atoms with van der Waals surface area (Å²) in [6.07, 6.45) is 4.58. The molecular weight excluding hydrogens is 200 g/mol. The van der Waals surface area contributed by atoms with Crippen molar-refractivity contribution in [3.8, 4) is 0 Å². The van der Waals surface area contributed by atoms with E-state index in [1.165, 1.54) is 12.8 Å². The first kappa shape index (κ1) is 11.9. The molecule has 92 valence electrons. The number of hydrogen-bond acceptors (Lipinski definition) is 2. The third-order valence-corrected chi connectivity index (χ3v) is 4.05. The maximum absolute atomic E-state index is 12.4. The second-order valence-electron chi connectivity index (χ2n) is 5.43. The van der Waals surface area contributed by atoms with E-state index >= 15 is 0 Å². The Bertz CT molecular complexity index is 254. The lowest BCUT2D eigenvalue weighted by molar-refractivity contribution is -0.137. The Labute approximate surface area is 98.6 Å². The van der Waals surface area contributed by atoms with Crippen LogP contribution in [0.3, 0.4) is 0 Å². The normalized spacial score (nSPS) is 35.4. The van der Waals surface area contributed by atoms with Gasteiger partial charge >= 0.3 is 0 Å². The van der Waals surface area contributed by atoms with Crippen molar-refractivity contribution in [2.24, 2.45) is 11.8 Å². The van der Waals surface area contributed by atoms with Crippen molar-refractivity contribution in [3.63, 3.8) is 0 Å². The van der Waals surface area contributed by atoms with E-state index in [1.807, 2.05) is 0 Å². The zero-order chi connectivity index (χ0) is 11.5. The molecule has 2 saturated heterocycles. The van der Waals surface area contributed by atoms with Crippen molar-refractivity contribution in [1.29, 1.82) is 0 Å². The zero-order valence-corrected chi connectivity index (χ0v) is 10.5. The third kappa shape index (κ3) is 2.40. The van der Waals surface area contributed by atoms with Gasteiger partial charge < -0.3 is 10.2 Å². The molecule has 0 aliphatic carbocycles. The monoisotopic (exact) mass is 224 g/mol. The summed E-state index contributed by atoms with van der Waals surface area (Å²) >= 11 is 0. The largest absolute Gasteiger partial charge is 0.339 e. The highest BCUT2D eigenvalue weighted by Gasteiger charge is 2.33. The Hall–Kier alpha value is -0.570. The predicted molar refractivity (Wildman–Crippen MR) is 65.2 cm³/mol. The van der Waals surface area contributed by atoms with E-state index in [-0.39, 0.29) is 5.92 Å². The summed E-state index contributed by atoms with van der Waals surface area (Å²) in [4.78, 5) is 14.5. The molecule has 2 rings (SSSR count). The van der Waals surface area contributed by atoms with E-state index in [9.17, 15) is 4.79 Å². The zero-order valence-electron chi connectivity index (χ0n) is 10.5. The Morgan fingerprint density at radius 1 is 1.44 bits per heavy atom. The lowest BCUT2D eigenvalue weighted by Gasteiger charge is -2.32. The Morgan fingerprint density at radius 3 is 2.94 bits per heavy atom. The molecule has 0 aromatic heterocycles. The van der Waals surface area contributed by atoms with Crippen molar-refractivity contribution in [2.45, 2.75) is 45.6 Å². The molecule has 2 aliphatic heterocycles. The fraction of sp³-hybridized carbons (Fsp3) is 0.923. The van der Waals surface area contributed by atoms with Crippen LogP contribution in [0.15, 0.2) is 0 Å². The van der Waals surface area contributed by atoms with Gasteiger partial charge in [-0.05, 0) is 38.1 Å². The molecule has 2 fully saturated rings. The number of likely N-dealkylation sites (tertiary alicyclic amines) is 1. The van der Waals surface area contributed by atoms with Crippen LogP contribution in [-0.2, 0) is 4.79 Å². The van der Waals surface area contributed by atoms with Gasteiger partial charge in [-0.15, -0.1) is 0 Å². The molecule has 3 nitrogen and oxygen atoms in total. The average Bonchev–Trinajstić information content (AvgIpc) is 2.76. The minimum atomic E-state index is 0.232. The van der Waals surface area contributed by atoms with E-state index in [0.29, 0.717) is 17.9 Å². The molecule has 3 atom stereocenters. The average molecular weight is 224 g/mol. The number of amides is 1. The van der Waals surface area contributed by atoms with Gasteiger partial charge in [0.05, 0.1) is 5.92 Å². The van der Waals surface area contributed by atoms with Crippen molar-refractivity contribution >= 4 is 5.91 Å². The van der Waals surface area contributed by atoms with E-state index in [4.69, 9.17) is 0 Å². The fourth-order valence-corrected chi connectivity index (χ4v) is 3.13. The minimum Gasteiger partial charge on any atom is -0.339 e. The molecule has 2 heterocycles. The molecule has 3 heteroatoms. The highest BCUT2D eigenvalue weighted by Crippen LogP contribution is 2.25. The number of hydrogen-bond donors (Lipinski definition) is 1. The second kappa shape index (κ2) is 5.17. The summed E-state index contributed by atoms with van der Waals surface area (Å²) in [5.74, 6) is 1.28. The summed E-state index contributed by atoms with van der Waals surface area (Å²) in [5.41, 5.74) is 0. The van der Waals surface area contributed by atoms with Crippen LogP contribution < -0.4 is 5.32 Å². The molecule has 1 N–H and O–H groups in total. The van der Waals surface area contributed by atoms with E-state index in [2.05, 4.69) is 24.1 Å². The topological polar surface area (TPSA) is 32.3 Å². The summed E-state index contributed by atoms with van der Waals surface area (Å²) in [6, 6.07) is 0.518. The molecule has 0 bridgehead atoms. The van der Waals surface area contributed by atoms with Gasteiger partial charge in [0.25, 0.3) is 0 Å². The van der Waals surface area contributed by atoms with Crippen LogP contribution >= 0.6 is 0 Å². The SMILES string of the molecule is CCC1CCCN1C(=O)C1CNCC(C)C1. The van der Waals surface area contributed by atoms with Gasteiger partial charge in [-0.1, -0.05) is 13.8 Å². The fourth-order valence-electron chi connectivity index (χ4n) is 3.13. The number of nitrogens with zero attached hydrogens (tertiary/aromatic N) is 1. The Balaban J connectivity index is 1.95. The summed E-state index contributed by atoms with van der Waals surface area (Å²) in [5, 5.41) is 3.37. The van der Waals surface area contributed by atoms with Crippen LogP contribution in [0.25, 0.3) is 0 Å². The molecule has 0 aromatic rings. The molecule has 2 aliphatic rings. The van der Waals surface area contributed by atoms with Crippen LogP contribution in [0.2, 0.25) is 0 Å². The van der Waals surface area contributed by atoms with E-state index < -0.39 is 0 Å². The van der Waals surface area contributed by atoms with Gasteiger partial charge in [0.1, 0.15) is 0 Å². The molecule has 1 amide bonds. The van der Waals surface area contributed by atoms with Crippen LogP contribution in [0, 0.1) is 11.8 Å². The lowest BCUT2D eigenvalue weighted by Crippen LogP contribution is -2.46. The summed E-state index contributed by atoms with van der Waals surface area (Å²) < 4.78 is 0. The highest BCUT2D eigenvalue weighted by molar-refractivity contribution is 5.79. The summed E-state index contributed by atoms with van der Waals surface area (Å²) in [6.45, 7) is 7.37. The standard InChI is InChI=1S/C13H24N2O/c1-3-12-5-4-6-15(12)13(16)11-7-10(2)8-14-9-11/h10-12,14H,3-9H2,1-2H3. The second-order valence-corrected chi connectivity index (χ2v) is 5.43. The van der Waals surface area contributed by atoms with Crippen LogP contribution in [0.4, 0.5) is 0 Å². The van der Waals surface area contributed by atoms with Gasteiger partial charge in [0.15, 0.2) is 0 Å². The first-order valence-electron chi connectivity index (χ1n) is 6.73. The number of nitrogens with one attached hydrogen (secondary N) is 1. The third-order valence-electron chi connectivity index (χ3n) is 4.05. The first-order valence-corrected chi connectivity index (χ1v) is 6.73. The number of carbonyl (C=O) groups is 1. The van der Waals surface area contributed by atoms with Crippen molar-refractivity contribution in [3.05, 3.63) is 0 Å². The van der Waals surface area contributed by atoms with Gasteiger partial charge in [-0.25, -0.2) is 0 Å². The molecule has 16 heavy (non-hydrogen) atoms. The molecule has 0 spiro atoms. The van der Waals surface area contributed by atoms with Gasteiger partial charge in [-0.3, -0.25) is 4.79 Å². The van der Waals surface area contributed by atoms with Gasteiger partial charge in [0, 0.05) is 19.1 Å². The van der Waals surface area contributed by atoms with E-state index in [1.54, 1.807) is 0 Å². The number of carbonyl (C=O) groups excluding carboxylic acids is 1. The summed E-state index contributed by atoms with van der Waals surface area (Å²) in [7, 11) is 0. The maximum Gasteiger partial charge on any atom is 0.227 e. The lowest BCUT2D eigenvalue weighted by atomic mass is 9.90. The maximum atomic E-state index is 12.4. The highest BCUT2D eigenvalue weighted by atomic mass is 16.2. The Morgan fingerprint density at radius 2 is 2.25 bits per heavy atom. The molecule has 3 unspecified atom stereocenters. The van der Waals surface area contributed by atoms with Gasteiger partial charge in [-0.2, -0.15) is 0 Å². The minimum absolute atomic E-state index is 0.232. The molecule has 0 radical (unpaired) electrons. The van der Waals surface area contributed by atoms with Crippen molar-refractivity contribution in [2.75, 3.05) is 19.6 Å². The van der Waals surface area contributed by atoms with Crippen LogP contribution in [0.5, 0.6) is 0 Å². The van der Waals surface area contributed by atoms with Crippen molar-refractivity contribution in [1.82, 2.24) is 10.2 Å². The van der Waals surface area contributed by atoms with Crippen molar-refractivity contribution < 1.29 is 4.79 Å². The first-order chi connectivity index (χ1) is 7.72. The number of rotatable bonds is 2. The predicted octanol–water partition coefficient (Wildman–Crippen LogP) is 1.63. The smallest absolute Gasteiger partial charge is 0.227 e. The quantitative estimate of drug-likeness (QED) is 0.773. The van der Waals surface area contributed by atoms with Crippen LogP contribution in [0.1, 0.15) is 39.5 Å². The van der Waals surface area contributed by atoms with Crippen LogP contribution in [-0.4, -0.2) is 36.5 Å². The molecular formula is C13H24N2O. The molecule has 0 aromatic carbocycles. The van der Waals surface area contributed by atoms with Gasteiger partial charge in [0.2, 0.25) is 5.91 Å². The number of piperidine rings is 1. The molecule has 0 saturated carbocycles. The van der Waals surface area contributed by atoms with E-state index in [0.717, 1.165) is 32.5 Å².